The minimum atomic E-state index is -0.197. The predicted molar refractivity (Wildman–Crippen MR) is 78.6 cm³/mol. The SMILES string of the molecule is COc1cc(C)c(C)cc1NC(=O)CC(C)(C)CN. The average Bonchev–Trinajstić information content (AvgIpc) is 2.32. The van der Waals surface area contributed by atoms with Crippen molar-refractivity contribution in [2.75, 3.05) is 19.0 Å². The van der Waals surface area contributed by atoms with Gasteiger partial charge < -0.3 is 15.8 Å². The van der Waals surface area contributed by atoms with Crippen molar-refractivity contribution in [1.82, 2.24) is 0 Å². The molecule has 1 amide bonds. The molecule has 0 bridgehead atoms. The molecule has 19 heavy (non-hydrogen) atoms. The van der Waals surface area contributed by atoms with Crippen molar-refractivity contribution in [3.63, 3.8) is 0 Å². The number of anilines is 1. The Labute approximate surface area is 115 Å². The van der Waals surface area contributed by atoms with Crippen molar-refractivity contribution in [2.24, 2.45) is 11.1 Å². The molecule has 4 nitrogen and oxygen atoms in total. The Hall–Kier alpha value is -1.55. The van der Waals surface area contributed by atoms with Gasteiger partial charge in [0.2, 0.25) is 5.91 Å². The molecule has 106 valence electrons. The largest absolute Gasteiger partial charge is 0.495 e. The van der Waals surface area contributed by atoms with Gasteiger partial charge in [-0.25, -0.2) is 0 Å². The zero-order valence-electron chi connectivity index (χ0n) is 12.5. The summed E-state index contributed by atoms with van der Waals surface area (Å²) >= 11 is 0. The third kappa shape index (κ3) is 4.24. The van der Waals surface area contributed by atoms with Crippen LogP contribution in [0.4, 0.5) is 5.69 Å². The molecule has 0 aliphatic heterocycles. The summed E-state index contributed by atoms with van der Waals surface area (Å²) in [5.41, 5.74) is 8.41. The lowest BCUT2D eigenvalue weighted by atomic mass is 9.89. The number of nitrogens with two attached hydrogens (primary N) is 1. The van der Waals surface area contributed by atoms with E-state index in [1.807, 2.05) is 39.8 Å². The van der Waals surface area contributed by atoms with Crippen molar-refractivity contribution in [2.45, 2.75) is 34.1 Å². The van der Waals surface area contributed by atoms with E-state index >= 15 is 0 Å². The molecule has 0 saturated heterocycles. The van der Waals surface area contributed by atoms with Gasteiger partial charge in [-0.2, -0.15) is 0 Å². The Bertz CT molecular complexity index is 467. The summed E-state index contributed by atoms with van der Waals surface area (Å²) < 4.78 is 5.30. The Morgan fingerprint density at radius 3 is 2.42 bits per heavy atom. The van der Waals surface area contributed by atoms with Crippen LogP contribution in [0.25, 0.3) is 0 Å². The summed E-state index contributed by atoms with van der Waals surface area (Å²) in [5.74, 6) is 0.638. The number of benzene rings is 1. The molecule has 0 aliphatic carbocycles. The molecule has 0 heterocycles. The summed E-state index contributed by atoms with van der Waals surface area (Å²) in [6.07, 6.45) is 0.388. The lowest BCUT2D eigenvalue weighted by Crippen LogP contribution is -2.29. The van der Waals surface area contributed by atoms with E-state index in [0.717, 1.165) is 11.1 Å². The average molecular weight is 264 g/mol. The molecular weight excluding hydrogens is 240 g/mol. The van der Waals surface area contributed by atoms with Crippen molar-refractivity contribution in [3.05, 3.63) is 23.3 Å². The molecule has 4 heteroatoms. The lowest BCUT2D eigenvalue weighted by molar-refractivity contribution is -0.117. The second-order valence-electron chi connectivity index (χ2n) is 5.73. The van der Waals surface area contributed by atoms with E-state index in [1.54, 1.807) is 7.11 Å². The molecule has 0 aromatic heterocycles. The van der Waals surface area contributed by atoms with Gasteiger partial charge in [-0.1, -0.05) is 13.8 Å². The third-order valence-electron chi connectivity index (χ3n) is 3.28. The molecule has 0 spiro atoms. The second kappa shape index (κ2) is 6.06. The fourth-order valence-electron chi connectivity index (χ4n) is 1.76. The highest BCUT2D eigenvalue weighted by molar-refractivity contribution is 5.92. The molecule has 1 aromatic rings. The first-order valence-corrected chi connectivity index (χ1v) is 6.44. The summed E-state index contributed by atoms with van der Waals surface area (Å²) in [7, 11) is 1.60. The highest BCUT2D eigenvalue weighted by Gasteiger charge is 2.21. The molecule has 0 fully saturated rings. The number of nitrogens with one attached hydrogen (secondary N) is 1. The molecular formula is C15H24N2O2. The van der Waals surface area contributed by atoms with Gasteiger partial charge in [0.15, 0.2) is 0 Å². The number of ether oxygens (including phenoxy) is 1. The molecule has 0 radical (unpaired) electrons. The number of amides is 1. The zero-order valence-corrected chi connectivity index (χ0v) is 12.5. The minimum Gasteiger partial charge on any atom is -0.495 e. The second-order valence-corrected chi connectivity index (χ2v) is 5.73. The van der Waals surface area contributed by atoms with Crippen LogP contribution in [-0.2, 0) is 4.79 Å². The van der Waals surface area contributed by atoms with E-state index in [-0.39, 0.29) is 11.3 Å². The first-order valence-electron chi connectivity index (χ1n) is 6.44. The lowest BCUT2D eigenvalue weighted by Gasteiger charge is -2.22. The number of carbonyl (C=O) groups excluding carboxylic acids is 1. The maximum Gasteiger partial charge on any atom is 0.225 e. The van der Waals surface area contributed by atoms with Crippen molar-refractivity contribution in [1.29, 1.82) is 0 Å². The topological polar surface area (TPSA) is 64.3 Å². The van der Waals surface area contributed by atoms with Gasteiger partial charge in [0.1, 0.15) is 5.75 Å². The monoisotopic (exact) mass is 264 g/mol. The van der Waals surface area contributed by atoms with E-state index in [2.05, 4.69) is 5.32 Å². The van der Waals surface area contributed by atoms with Gasteiger partial charge >= 0.3 is 0 Å². The van der Waals surface area contributed by atoms with Crippen LogP contribution in [0.5, 0.6) is 5.75 Å². The van der Waals surface area contributed by atoms with Crippen LogP contribution in [0.15, 0.2) is 12.1 Å². The van der Waals surface area contributed by atoms with E-state index in [4.69, 9.17) is 10.5 Å². The van der Waals surface area contributed by atoms with Gasteiger partial charge in [0, 0.05) is 6.42 Å². The predicted octanol–water partition coefficient (Wildman–Crippen LogP) is 2.63. The normalized spacial score (nSPS) is 11.3. The number of carbonyl (C=O) groups is 1. The number of hydrogen-bond donors (Lipinski definition) is 2. The highest BCUT2D eigenvalue weighted by atomic mass is 16.5. The zero-order chi connectivity index (χ0) is 14.6. The van der Waals surface area contributed by atoms with Crippen LogP contribution in [0.1, 0.15) is 31.4 Å². The van der Waals surface area contributed by atoms with Crippen molar-refractivity contribution < 1.29 is 9.53 Å². The van der Waals surface area contributed by atoms with E-state index < -0.39 is 0 Å². The number of methoxy groups -OCH3 is 1. The van der Waals surface area contributed by atoms with Crippen LogP contribution < -0.4 is 15.8 Å². The summed E-state index contributed by atoms with van der Waals surface area (Å²) in [6, 6.07) is 3.86. The quantitative estimate of drug-likeness (QED) is 0.859. The van der Waals surface area contributed by atoms with Gasteiger partial charge in [0.25, 0.3) is 0 Å². The Morgan fingerprint density at radius 1 is 1.32 bits per heavy atom. The van der Waals surface area contributed by atoms with Crippen LogP contribution in [0, 0.1) is 19.3 Å². The summed E-state index contributed by atoms with van der Waals surface area (Å²) in [4.78, 5) is 12.0. The Morgan fingerprint density at radius 2 is 1.89 bits per heavy atom. The van der Waals surface area contributed by atoms with E-state index in [9.17, 15) is 4.79 Å². The van der Waals surface area contributed by atoms with Crippen molar-refractivity contribution >= 4 is 11.6 Å². The van der Waals surface area contributed by atoms with Crippen LogP contribution >= 0.6 is 0 Å². The van der Waals surface area contributed by atoms with Crippen molar-refractivity contribution in [3.8, 4) is 5.75 Å². The standard InChI is InChI=1S/C15H24N2O2/c1-10-6-12(13(19-5)7-11(10)2)17-14(18)8-15(3,4)9-16/h6-7H,8-9,16H2,1-5H3,(H,17,18). The fraction of sp³-hybridized carbons (Fsp3) is 0.533. The van der Waals surface area contributed by atoms with Crippen LogP contribution in [-0.4, -0.2) is 19.6 Å². The summed E-state index contributed by atoms with van der Waals surface area (Å²) in [6.45, 7) is 8.45. The number of aryl methyl sites for hydroxylation is 2. The maximum absolute atomic E-state index is 12.0. The van der Waals surface area contributed by atoms with Gasteiger partial charge in [-0.15, -0.1) is 0 Å². The molecule has 1 aromatic carbocycles. The van der Waals surface area contributed by atoms with E-state index in [0.29, 0.717) is 24.4 Å². The molecule has 0 saturated carbocycles. The summed E-state index contributed by atoms with van der Waals surface area (Å²) in [5, 5.41) is 2.90. The third-order valence-corrected chi connectivity index (χ3v) is 3.28. The van der Waals surface area contributed by atoms with Crippen LogP contribution in [0.2, 0.25) is 0 Å². The minimum absolute atomic E-state index is 0.0444. The maximum atomic E-state index is 12.0. The molecule has 1 rings (SSSR count). The molecule has 3 N–H and O–H groups in total. The van der Waals surface area contributed by atoms with E-state index in [1.165, 1.54) is 0 Å². The van der Waals surface area contributed by atoms with Crippen LogP contribution in [0.3, 0.4) is 0 Å². The number of rotatable bonds is 5. The van der Waals surface area contributed by atoms with Gasteiger partial charge in [-0.3, -0.25) is 4.79 Å². The molecule has 0 unspecified atom stereocenters. The first kappa shape index (κ1) is 15.5. The molecule has 0 atom stereocenters. The fourth-order valence-corrected chi connectivity index (χ4v) is 1.76. The van der Waals surface area contributed by atoms with Gasteiger partial charge in [0.05, 0.1) is 12.8 Å². The number of hydrogen-bond acceptors (Lipinski definition) is 3. The Balaban J connectivity index is 2.87. The molecule has 0 aliphatic rings. The highest BCUT2D eigenvalue weighted by Crippen LogP contribution is 2.29. The Kier molecular flexibility index (Phi) is 4.95. The van der Waals surface area contributed by atoms with Gasteiger partial charge in [-0.05, 0) is 49.1 Å². The first-order chi connectivity index (χ1) is 8.79. The smallest absolute Gasteiger partial charge is 0.225 e.